The molecule has 0 aromatic carbocycles. The third-order valence-electron chi connectivity index (χ3n) is 2.31. The van der Waals surface area contributed by atoms with Gasteiger partial charge in [-0.1, -0.05) is 0 Å². The molecule has 2 aromatic heterocycles. The summed E-state index contributed by atoms with van der Waals surface area (Å²) >= 11 is 6.50. The standard InChI is InChI=1S/C11H9Br2N3O/c1-7-14-5-10(13)11(17)16(7)6-9-3-2-8(12)4-15-9/h2-5H,6H2,1H3. The molecule has 0 aliphatic rings. The zero-order valence-corrected chi connectivity index (χ0v) is 12.2. The van der Waals surface area contributed by atoms with Crippen LogP contribution in [0.15, 0.2) is 38.3 Å². The van der Waals surface area contributed by atoms with E-state index in [0.717, 1.165) is 10.2 Å². The fourth-order valence-corrected chi connectivity index (χ4v) is 1.95. The zero-order chi connectivity index (χ0) is 12.4. The van der Waals surface area contributed by atoms with Crippen molar-refractivity contribution in [1.29, 1.82) is 0 Å². The van der Waals surface area contributed by atoms with Gasteiger partial charge in [0, 0.05) is 16.9 Å². The number of hydrogen-bond acceptors (Lipinski definition) is 3. The van der Waals surface area contributed by atoms with Crippen LogP contribution in [0.4, 0.5) is 0 Å². The van der Waals surface area contributed by atoms with E-state index in [-0.39, 0.29) is 5.56 Å². The summed E-state index contributed by atoms with van der Waals surface area (Å²) in [5.41, 5.74) is 0.723. The molecule has 0 fully saturated rings. The molecule has 0 radical (unpaired) electrons. The Morgan fingerprint density at radius 1 is 1.24 bits per heavy atom. The fourth-order valence-electron chi connectivity index (χ4n) is 1.40. The Balaban J connectivity index is 2.39. The molecule has 2 heterocycles. The fraction of sp³-hybridized carbons (Fsp3) is 0.182. The maximum atomic E-state index is 11.9. The van der Waals surface area contributed by atoms with Crippen LogP contribution in [0.1, 0.15) is 11.5 Å². The number of halogens is 2. The minimum Gasteiger partial charge on any atom is -0.290 e. The van der Waals surface area contributed by atoms with Crippen molar-refractivity contribution < 1.29 is 0 Å². The van der Waals surface area contributed by atoms with E-state index in [2.05, 4.69) is 41.8 Å². The largest absolute Gasteiger partial charge is 0.290 e. The summed E-state index contributed by atoms with van der Waals surface area (Å²) in [5, 5.41) is 0. The number of pyridine rings is 1. The summed E-state index contributed by atoms with van der Waals surface area (Å²) in [6.07, 6.45) is 3.23. The molecule has 6 heteroatoms. The Kier molecular flexibility index (Phi) is 3.73. The van der Waals surface area contributed by atoms with E-state index in [9.17, 15) is 4.79 Å². The van der Waals surface area contributed by atoms with Crippen LogP contribution in [0.25, 0.3) is 0 Å². The maximum Gasteiger partial charge on any atom is 0.268 e. The summed E-state index contributed by atoms with van der Waals surface area (Å²) in [6.45, 7) is 2.22. The summed E-state index contributed by atoms with van der Waals surface area (Å²) in [7, 11) is 0. The van der Waals surface area contributed by atoms with Gasteiger partial charge >= 0.3 is 0 Å². The van der Waals surface area contributed by atoms with Gasteiger partial charge in [0.15, 0.2) is 0 Å². The topological polar surface area (TPSA) is 47.8 Å². The zero-order valence-electron chi connectivity index (χ0n) is 9.02. The summed E-state index contributed by atoms with van der Waals surface area (Å²) < 4.78 is 2.96. The second kappa shape index (κ2) is 5.10. The molecular formula is C11H9Br2N3O. The second-order valence-corrected chi connectivity index (χ2v) is 5.28. The van der Waals surface area contributed by atoms with Crippen molar-refractivity contribution in [3.8, 4) is 0 Å². The molecule has 2 rings (SSSR count). The lowest BCUT2D eigenvalue weighted by molar-refractivity contribution is 0.681. The van der Waals surface area contributed by atoms with Crippen LogP contribution in [0.3, 0.4) is 0 Å². The van der Waals surface area contributed by atoms with Crippen molar-refractivity contribution in [1.82, 2.24) is 14.5 Å². The van der Waals surface area contributed by atoms with Gasteiger partial charge in [0.05, 0.1) is 12.2 Å². The Morgan fingerprint density at radius 2 is 2.00 bits per heavy atom. The quantitative estimate of drug-likeness (QED) is 0.828. The van der Waals surface area contributed by atoms with Crippen molar-refractivity contribution >= 4 is 31.9 Å². The maximum absolute atomic E-state index is 11.9. The Labute approximate surface area is 115 Å². The molecule has 88 valence electrons. The molecule has 0 aliphatic heterocycles. The van der Waals surface area contributed by atoms with Crippen molar-refractivity contribution in [2.45, 2.75) is 13.5 Å². The van der Waals surface area contributed by atoms with E-state index >= 15 is 0 Å². The molecule has 0 aliphatic carbocycles. The van der Waals surface area contributed by atoms with Gasteiger partial charge in [0.2, 0.25) is 0 Å². The Hall–Kier alpha value is -1.01. The second-order valence-electron chi connectivity index (χ2n) is 3.51. The summed E-state index contributed by atoms with van der Waals surface area (Å²) in [4.78, 5) is 20.3. The molecule has 0 spiro atoms. The molecule has 4 nitrogen and oxygen atoms in total. The molecule has 17 heavy (non-hydrogen) atoms. The van der Waals surface area contributed by atoms with Crippen LogP contribution in [-0.2, 0) is 6.54 Å². The van der Waals surface area contributed by atoms with Gasteiger partial charge < -0.3 is 0 Å². The van der Waals surface area contributed by atoms with Gasteiger partial charge in [0.25, 0.3) is 5.56 Å². The van der Waals surface area contributed by atoms with Crippen LogP contribution in [-0.4, -0.2) is 14.5 Å². The van der Waals surface area contributed by atoms with Crippen molar-refractivity contribution in [3.63, 3.8) is 0 Å². The molecule has 0 unspecified atom stereocenters. The lowest BCUT2D eigenvalue weighted by Crippen LogP contribution is -2.24. The van der Waals surface area contributed by atoms with E-state index in [1.807, 2.05) is 12.1 Å². The van der Waals surface area contributed by atoms with Crippen LogP contribution in [0.5, 0.6) is 0 Å². The van der Waals surface area contributed by atoms with Gasteiger partial charge in [-0.2, -0.15) is 0 Å². The third kappa shape index (κ3) is 2.81. The first-order chi connectivity index (χ1) is 8.08. The predicted molar refractivity (Wildman–Crippen MR) is 72.0 cm³/mol. The highest BCUT2D eigenvalue weighted by molar-refractivity contribution is 9.10. The van der Waals surface area contributed by atoms with Crippen molar-refractivity contribution in [2.24, 2.45) is 0 Å². The predicted octanol–water partition coefficient (Wildman–Crippen LogP) is 2.52. The average molecular weight is 359 g/mol. The number of rotatable bonds is 2. The molecule has 0 saturated carbocycles. The van der Waals surface area contributed by atoms with E-state index in [1.54, 1.807) is 17.7 Å². The highest BCUT2D eigenvalue weighted by Gasteiger charge is 2.06. The van der Waals surface area contributed by atoms with Gasteiger partial charge in [-0.15, -0.1) is 0 Å². The van der Waals surface area contributed by atoms with Crippen LogP contribution < -0.4 is 5.56 Å². The van der Waals surface area contributed by atoms with Gasteiger partial charge in [-0.05, 0) is 50.9 Å². The highest BCUT2D eigenvalue weighted by atomic mass is 79.9. The summed E-state index contributed by atoms with van der Waals surface area (Å²) in [5.74, 6) is 0.669. The van der Waals surface area contributed by atoms with Gasteiger partial charge in [-0.25, -0.2) is 4.98 Å². The van der Waals surface area contributed by atoms with Gasteiger partial charge in [-0.3, -0.25) is 14.3 Å². The lowest BCUT2D eigenvalue weighted by atomic mass is 10.3. The molecule has 0 amide bonds. The Morgan fingerprint density at radius 3 is 2.65 bits per heavy atom. The number of aryl methyl sites for hydroxylation is 1. The monoisotopic (exact) mass is 357 g/mol. The van der Waals surface area contributed by atoms with E-state index < -0.39 is 0 Å². The number of nitrogens with zero attached hydrogens (tertiary/aromatic N) is 3. The van der Waals surface area contributed by atoms with E-state index in [0.29, 0.717) is 16.8 Å². The highest BCUT2D eigenvalue weighted by Crippen LogP contribution is 2.09. The molecule has 2 aromatic rings. The van der Waals surface area contributed by atoms with E-state index in [1.165, 1.54) is 6.20 Å². The third-order valence-corrected chi connectivity index (χ3v) is 3.33. The first-order valence-electron chi connectivity index (χ1n) is 4.90. The number of hydrogen-bond donors (Lipinski definition) is 0. The number of aromatic nitrogens is 3. The normalized spacial score (nSPS) is 10.5. The molecule has 0 saturated heterocycles. The summed E-state index contributed by atoms with van der Waals surface area (Å²) in [6, 6.07) is 3.77. The van der Waals surface area contributed by atoms with Gasteiger partial charge in [0.1, 0.15) is 10.3 Å². The average Bonchev–Trinajstić information content (AvgIpc) is 2.32. The minimum absolute atomic E-state index is 0.0952. The van der Waals surface area contributed by atoms with Crippen LogP contribution in [0.2, 0.25) is 0 Å². The van der Waals surface area contributed by atoms with Crippen LogP contribution in [0, 0.1) is 6.92 Å². The Bertz CT molecular complexity index is 593. The lowest BCUT2D eigenvalue weighted by Gasteiger charge is -2.08. The smallest absolute Gasteiger partial charge is 0.268 e. The molecule has 0 bridgehead atoms. The van der Waals surface area contributed by atoms with Crippen molar-refractivity contribution in [3.05, 3.63) is 55.3 Å². The molecule has 0 atom stereocenters. The first kappa shape index (κ1) is 12.4. The SMILES string of the molecule is Cc1ncc(Br)c(=O)n1Cc1ccc(Br)cn1. The molecular weight excluding hydrogens is 350 g/mol. The van der Waals surface area contributed by atoms with E-state index in [4.69, 9.17) is 0 Å². The van der Waals surface area contributed by atoms with Crippen LogP contribution >= 0.6 is 31.9 Å². The van der Waals surface area contributed by atoms with Crippen molar-refractivity contribution in [2.75, 3.05) is 0 Å². The molecule has 0 N–H and O–H groups in total. The minimum atomic E-state index is -0.0952. The first-order valence-corrected chi connectivity index (χ1v) is 6.49.